The molecule has 1 N–H and O–H groups in total. The Morgan fingerprint density at radius 3 is 2.97 bits per heavy atom. The number of amides is 1. The Morgan fingerprint density at radius 1 is 1.35 bits per heavy atom. The molecule has 5 rings (SSSR count). The number of hydrogen-bond acceptors (Lipinski definition) is 6. The van der Waals surface area contributed by atoms with Crippen LogP contribution >= 0.6 is 11.3 Å². The standard InChI is InChI=1S/C21H26N6O3S/c1-30-10-9-26-21(29)27(15-6-7-15)19(24-26)14-4-2-8-25(13-14)20(28)17-12-16(22-23-17)18-5-3-11-31-18/h3,5,11-12,14-15H,2,4,6-10,13H2,1H3,(H,22,23). The molecule has 1 unspecified atom stereocenters. The van der Waals surface area contributed by atoms with Crippen molar-refractivity contribution in [2.45, 2.75) is 44.2 Å². The number of carbonyl (C=O) groups excluding carboxylic acids is 1. The van der Waals surface area contributed by atoms with Gasteiger partial charge in [-0.3, -0.25) is 14.5 Å². The van der Waals surface area contributed by atoms with Gasteiger partial charge in [-0.05, 0) is 43.2 Å². The fourth-order valence-corrected chi connectivity index (χ4v) is 4.93. The van der Waals surface area contributed by atoms with E-state index < -0.39 is 0 Å². The number of likely N-dealkylation sites (tertiary alicyclic amines) is 1. The van der Waals surface area contributed by atoms with E-state index in [0.717, 1.165) is 42.1 Å². The van der Waals surface area contributed by atoms with Gasteiger partial charge in [0.05, 0.1) is 23.7 Å². The zero-order chi connectivity index (χ0) is 21.4. The Morgan fingerprint density at radius 2 is 2.23 bits per heavy atom. The van der Waals surface area contributed by atoms with E-state index >= 15 is 0 Å². The summed E-state index contributed by atoms with van der Waals surface area (Å²) in [6.07, 6.45) is 3.81. The van der Waals surface area contributed by atoms with Crippen LogP contribution in [0, 0.1) is 0 Å². The molecule has 0 radical (unpaired) electrons. The Balaban J connectivity index is 1.36. The molecule has 1 saturated heterocycles. The molecular weight excluding hydrogens is 416 g/mol. The van der Waals surface area contributed by atoms with Gasteiger partial charge < -0.3 is 9.64 Å². The summed E-state index contributed by atoms with van der Waals surface area (Å²) in [5, 5.41) is 13.9. The predicted octanol–water partition coefficient (Wildman–Crippen LogP) is 2.50. The van der Waals surface area contributed by atoms with E-state index in [4.69, 9.17) is 4.74 Å². The van der Waals surface area contributed by atoms with Crippen LogP contribution in [0.5, 0.6) is 0 Å². The van der Waals surface area contributed by atoms with Gasteiger partial charge in [0, 0.05) is 32.2 Å². The zero-order valence-electron chi connectivity index (χ0n) is 17.5. The molecule has 1 aliphatic carbocycles. The number of aromatic amines is 1. The van der Waals surface area contributed by atoms with Crippen molar-refractivity contribution in [3.8, 4) is 10.6 Å². The fraction of sp³-hybridized carbons (Fsp3) is 0.524. The van der Waals surface area contributed by atoms with E-state index in [9.17, 15) is 9.59 Å². The number of ether oxygens (including phenoxy) is 1. The van der Waals surface area contributed by atoms with Crippen LogP contribution in [-0.4, -0.2) is 62.2 Å². The molecule has 1 aliphatic heterocycles. The highest BCUT2D eigenvalue weighted by molar-refractivity contribution is 7.13. The van der Waals surface area contributed by atoms with Crippen LogP contribution in [-0.2, 0) is 11.3 Å². The summed E-state index contributed by atoms with van der Waals surface area (Å²) in [6.45, 7) is 2.13. The van der Waals surface area contributed by atoms with Crippen molar-refractivity contribution in [3.63, 3.8) is 0 Å². The summed E-state index contributed by atoms with van der Waals surface area (Å²) in [7, 11) is 1.62. The number of rotatable bonds is 7. The minimum Gasteiger partial charge on any atom is -0.383 e. The van der Waals surface area contributed by atoms with E-state index in [0.29, 0.717) is 31.9 Å². The molecule has 4 heterocycles. The molecule has 164 valence electrons. The number of H-pyrrole nitrogens is 1. The first-order valence-electron chi connectivity index (χ1n) is 10.7. The Kier molecular flexibility index (Phi) is 5.49. The number of aromatic nitrogens is 5. The third-order valence-electron chi connectivity index (χ3n) is 5.97. The molecule has 0 bridgehead atoms. The number of nitrogens with one attached hydrogen (secondary N) is 1. The predicted molar refractivity (Wildman–Crippen MR) is 116 cm³/mol. The topological polar surface area (TPSA) is 98.0 Å². The summed E-state index contributed by atoms with van der Waals surface area (Å²) in [4.78, 5) is 28.9. The van der Waals surface area contributed by atoms with Gasteiger partial charge >= 0.3 is 5.69 Å². The molecule has 1 saturated carbocycles. The molecule has 2 fully saturated rings. The van der Waals surface area contributed by atoms with Gasteiger partial charge in [-0.2, -0.15) is 10.2 Å². The second kappa shape index (κ2) is 8.43. The van der Waals surface area contributed by atoms with Crippen molar-refractivity contribution in [1.82, 2.24) is 29.4 Å². The van der Waals surface area contributed by atoms with Crippen LogP contribution in [0.15, 0.2) is 28.4 Å². The lowest BCUT2D eigenvalue weighted by Crippen LogP contribution is -2.40. The third kappa shape index (κ3) is 3.97. The van der Waals surface area contributed by atoms with E-state index in [1.165, 1.54) is 4.68 Å². The van der Waals surface area contributed by atoms with Crippen LogP contribution in [0.2, 0.25) is 0 Å². The average Bonchev–Trinajstić information content (AvgIpc) is 3.19. The van der Waals surface area contributed by atoms with Gasteiger partial charge in [0.15, 0.2) is 5.69 Å². The number of carbonyl (C=O) groups is 1. The zero-order valence-corrected chi connectivity index (χ0v) is 18.3. The van der Waals surface area contributed by atoms with Crippen molar-refractivity contribution >= 4 is 17.2 Å². The van der Waals surface area contributed by atoms with Crippen molar-refractivity contribution < 1.29 is 9.53 Å². The quantitative estimate of drug-likeness (QED) is 0.606. The molecule has 2 aliphatic rings. The van der Waals surface area contributed by atoms with Crippen molar-refractivity contribution in [2.75, 3.05) is 26.8 Å². The summed E-state index contributed by atoms with van der Waals surface area (Å²) < 4.78 is 8.50. The van der Waals surface area contributed by atoms with E-state index in [-0.39, 0.29) is 23.6 Å². The molecule has 3 aromatic rings. The molecule has 0 spiro atoms. The summed E-state index contributed by atoms with van der Waals surface area (Å²) in [5.41, 5.74) is 1.21. The molecule has 10 heteroatoms. The maximum atomic E-state index is 13.1. The minimum atomic E-state index is -0.0807. The Bertz CT molecular complexity index is 1110. The van der Waals surface area contributed by atoms with E-state index in [2.05, 4.69) is 15.3 Å². The maximum absolute atomic E-state index is 13.1. The van der Waals surface area contributed by atoms with Crippen LogP contribution in [0.4, 0.5) is 0 Å². The molecule has 1 atom stereocenters. The second-order valence-electron chi connectivity index (χ2n) is 8.19. The molecule has 0 aromatic carbocycles. The molecule has 3 aromatic heterocycles. The van der Waals surface area contributed by atoms with Crippen molar-refractivity contribution in [3.05, 3.63) is 45.6 Å². The molecular formula is C21H26N6O3S. The van der Waals surface area contributed by atoms with Gasteiger partial charge in [-0.1, -0.05) is 6.07 Å². The van der Waals surface area contributed by atoms with Crippen LogP contribution in [0.3, 0.4) is 0 Å². The lowest BCUT2D eigenvalue weighted by atomic mass is 9.96. The van der Waals surface area contributed by atoms with E-state index in [1.807, 2.05) is 33.0 Å². The Labute approximate surface area is 183 Å². The summed E-state index contributed by atoms with van der Waals surface area (Å²) in [6, 6.07) is 6.03. The number of thiophene rings is 1. The first-order valence-corrected chi connectivity index (χ1v) is 11.6. The summed E-state index contributed by atoms with van der Waals surface area (Å²) in [5.74, 6) is 0.774. The highest BCUT2D eigenvalue weighted by Crippen LogP contribution is 2.37. The van der Waals surface area contributed by atoms with Crippen molar-refractivity contribution in [2.24, 2.45) is 0 Å². The summed E-state index contributed by atoms with van der Waals surface area (Å²) >= 11 is 1.61. The lowest BCUT2D eigenvalue weighted by Gasteiger charge is -2.31. The number of piperidine rings is 1. The first-order chi connectivity index (χ1) is 15.2. The highest BCUT2D eigenvalue weighted by Gasteiger charge is 2.35. The number of nitrogens with zero attached hydrogens (tertiary/aromatic N) is 5. The fourth-order valence-electron chi connectivity index (χ4n) is 4.24. The highest BCUT2D eigenvalue weighted by atomic mass is 32.1. The normalized spacial score (nSPS) is 19.1. The Hall–Kier alpha value is -2.72. The lowest BCUT2D eigenvalue weighted by molar-refractivity contribution is 0.0697. The maximum Gasteiger partial charge on any atom is 0.346 e. The first kappa shape index (κ1) is 20.2. The second-order valence-corrected chi connectivity index (χ2v) is 9.14. The molecule has 1 amide bonds. The number of hydrogen-bond donors (Lipinski definition) is 1. The van der Waals surface area contributed by atoms with Crippen LogP contribution in [0.25, 0.3) is 10.6 Å². The largest absolute Gasteiger partial charge is 0.383 e. The SMILES string of the molecule is COCCn1nc(C2CCCN(C(=O)c3cc(-c4cccs4)[nH]n3)C2)n(C2CC2)c1=O. The van der Waals surface area contributed by atoms with Crippen molar-refractivity contribution in [1.29, 1.82) is 0 Å². The van der Waals surface area contributed by atoms with Gasteiger partial charge in [0.2, 0.25) is 0 Å². The van der Waals surface area contributed by atoms with Crippen LogP contribution in [0.1, 0.15) is 54.0 Å². The molecule has 31 heavy (non-hydrogen) atoms. The van der Waals surface area contributed by atoms with Gasteiger partial charge in [0.25, 0.3) is 5.91 Å². The van der Waals surface area contributed by atoms with Gasteiger partial charge in [0.1, 0.15) is 5.82 Å². The van der Waals surface area contributed by atoms with E-state index in [1.54, 1.807) is 18.4 Å². The van der Waals surface area contributed by atoms with Gasteiger partial charge in [-0.25, -0.2) is 9.48 Å². The monoisotopic (exact) mass is 442 g/mol. The number of methoxy groups -OCH3 is 1. The smallest absolute Gasteiger partial charge is 0.346 e. The third-order valence-corrected chi connectivity index (χ3v) is 6.88. The van der Waals surface area contributed by atoms with Crippen LogP contribution < -0.4 is 5.69 Å². The van der Waals surface area contributed by atoms with Gasteiger partial charge in [-0.15, -0.1) is 11.3 Å². The average molecular weight is 443 g/mol. The molecule has 9 nitrogen and oxygen atoms in total. The minimum absolute atomic E-state index is 0.0468.